The molecule has 0 fully saturated rings. The van der Waals surface area contributed by atoms with Crippen LogP contribution in [0.25, 0.3) is 0 Å². The van der Waals surface area contributed by atoms with Crippen LogP contribution in [0.2, 0.25) is 4.34 Å². The highest BCUT2D eigenvalue weighted by molar-refractivity contribution is 7.16. The molecule has 0 saturated carbocycles. The smallest absolute Gasteiger partial charge is 0.243 e. The summed E-state index contributed by atoms with van der Waals surface area (Å²) in [6.07, 6.45) is 0. The summed E-state index contributed by atoms with van der Waals surface area (Å²) < 4.78 is 0.693. The summed E-state index contributed by atoms with van der Waals surface area (Å²) in [6.45, 7) is 7.09. The van der Waals surface area contributed by atoms with E-state index in [1.165, 1.54) is 18.3 Å². The summed E-state index contributed by atoms with van der Waals surface area (Å²) >= 11 is 7.31. The molecule has 0 spiro atoms. The van der Waals surface area contributed by atoms with Crippen molar-refractivity contribution in [3.05, 3.63) is 21.3 Å². The van der Waals surface area contributed by atoms with Gasteiger partial charge in [-0.3, -0.25) is 9.59 Å². The van der Waals surface area contributed by atoms with E-state index >= 15 is 0 Å². The van der Waals surface area contributed by atoms with Gasteiger partial charge >= 0.3 is 0 Å². The first-order valence-corrected chi connectivity index (χ1v) is 7.33. The molecule has 0 radical (unpaired) electrons. The van der Waals surface area contributed by atoms with Gasteiger partial charge in [-0.2, -0.15) is 0 Å². The maximum atomic E-state index is 12.2. The highest BCUT2D eigenvalue weighted by Gasteiger charge is 2.24. The van der Waals surface area contributed by atoms with E-state index in [1.807, 2.05) is 26.8 Å². The summed E-state index contributed by atoms with van der Waals surface area (Å²) in [5.41, 5.74) is 0. The van der Waals surface area contributed by atoms with Crippen molar-refractivity contribution in [2.24, 2.45) is 5.92 Å². The van der Waals surface area contributed by atoms with Crippen LogP contribution in [0.4, 0.5) is 0 Å². The van der Waals surface area contributed by atoms with Gasteiger partial charge in [0.15, 0.2) is 0 Å². The zero-order valence-corrected chi connectivity index (χ0v) is 13.1. The lowest BCUT2D eigenvalue weighted by Gasteiger charge is -2.23. The molecule has 4 nitrogen and oxygen atoms in total. The lowest BCUT2D eigenvalue weighted by atomic mass is 10.0. The number of thiophene rings is 1. The highest BCUT2D eigenvalue weighted by Crippen LogP contribution is 2.26. The largest absolute Gasteiger partial charge is 0.347 e. The van der Waals surface area contributed by atoms with Crippen LogP contribution in [0, 0.1) is 5.92 Å². The van der Waals surface area contributed by atoms with Gasteiger partial charge in [0, 0.05) is 11.8 Å². The molecule has 0 unspecified atom stereocenters. The van der Waals surface area contributed by atoms with Crippen molar-refractivity contribution in [1.82, 2.24) is 10.6 Å². The average Bonchev–Trinajstić information content (AvgIpc) is 2.72. The monoisotopic (exact) mass is 302 g/mol. The fraction of sp³-hybridized carbons (Fsp3) is 0.538. The molecular weight excluding hydrogens is 284 g/mol. The molecule has 106 valence electrons. The van der Waals surface area contributed by atoms with Gasteiger partial charge in [-0.1, -0.05) is 25.4 Å². The number of rotatable bonds is 5. The molecule has 0 saturated heterocycles. The van der Waals surface area contributed by atoms with E-state index in [4.69, 9.17) is 11.6 Å². The molecule has 0 bridgehead atoms. The van der Waals surface area contributed by atoms with Crippen molar-refractivity contribution in [2.45, 2.75) is 39.8 Å². The number of hydrogen-bond acceptors (Lipinski definition) is 3. The fourth-order valence-electron chi connectivity index (χ4n) is 1.69. The third-order valence-electron chi connectivity index (χ3n) is 2.69. The van der Waals surface area contributed by atoms with Crippen LogP contribution < -0.4 is 10.6 Å². The fourth-order valence-corrected chi connectivity index (χ4v) is 2.75. The van der Waals surface area contributed by atoms with Crippen molar-refractivity contribution in [3.63, 3.8) is 0 Å². The maximum absolute atomic E-state index is 12.2. The van der Waals surface area contributed by atoms with E-state index in [1.54, 1.807) is 6.07 Å². The van der Waals surface area contributed by atoms with Gasteiger partial charge in [0.1, 0.15) is 6.04 Å². The molecule has 2 atom stereocenters. The van der Waals surface area contributed by atoms with Gasteiger partial charge in [-0.05, 0) is 25.0 Å². The first-order chi connectivity index (χ1) is 8.81. The molecule has 1 heterocycles. The SMILES string of the molecule is CC(=O)N[C@H](C(=O)N[C@H](C)c1ccc(Cl)s1)C(C)C. The zero-order chi connectivity index (χ0) is 14.6. The molecule has 0 aliphatic rings. The van der Waals surface area contributed by atoms with Crippen LogP contribution in [0.15, 0.2) is 12.1 Å². The normalized spacial score (nSPS) is 14.0. The summed E-state index contributed by atoms with van der Waals surface area (Å²) in [5, 5.41) is 5.56. The number of carbonyl (C=O) groups is 2. The quantitative estimate of drug-likeness (QED) is 0.878. The Morgan fingerprint density at radius 3 is 2.26 bits per heavy atom. The predicted molar refractivity (Wildman–Crippen MR) is 78.3 cm³/mol. The standard InChI is InChI=1S/C13H19ClN2O2S/c1-7(2)12(16-9(4)17)13(18)15-8(3)10-5-6-11(14)19-10/h5-8,12H,1-4H3,(H,15,18)(H,16,17)/t8-,12+/m1/s1. The molecule has 2 N–H and O–H groups in total. The first-order valence-electron chi connectivity index (χ1n) is 6.14. The van der Waals surface area contributed by atoms with Crippen molar-refractivity contribution < 1.29 is 9.59 Å². The topological polar surface area (TPSA) is 58.2 Å². The molecule has 19 heavy (non-hydrogen) atoms. The molecule has 2 amide bonds. The number of halogens is 1. The van der Waals surface area contributed by atoms with Crippen LogP contribution in [-0.4, -0.2) is 17.9 Å². The number of amides is 2. The van der Waals surface area contributed by atoms with Crippen molar-refractivity contribution >= 4 is 34.8 Å². The van der Waals surface area contributed by atoms with Crippen LogP contribution in [0.3, 0.4) is 0 Å². The number of nitrogens with one attached hydrogen (secondary N) is 2. The van der Waals surface area contributed by atoms with Crippen LogP contribution in [-0.2, 0) is 9.59 Å². The lowest BCUT2D eigenvalue weighted by molar-refractivity contribution is -0.129. The van der Waals surface area contributed by atoms with Gasteiger partial charge in [-0.15, -0.1) is 11.3 Å². The molecule has 0 aliphatic carbocycles. The number of carbonyl (C=O) groups excluding carboxylic acids is 2. The van der Waals surface area contributed by atoms with Crippen molar-refractivity contribution in [2.75, 3.05) is 0 Å². The molecular formula is C13H19ClN2O2S. The Labute approximate surface area is 122 Å². The first kappa shape index (κ1) is 16.0. The van der Waals surface area contributed by atoms with E-state index in [-0.39, 0.29) is 23.8 Å². The minimum Gasteiger partial charge on any atom is -0.347 e. The summed E-state index contributed by atoms with van der Waals surface area (Å²) in [6, 6.07) is 3.05. The Kier molecular flexibility index (Phi) is 5.82. The second kappa shape index (κ2) is 6.91. The molecule has 6 heteroatoms. The number of hydrogen-bond donors (Lipinski definition) is 2. The lowest BCUT2D eigenvalue weighted by Crippen LogP contribution is -2.49. The third-order valence-corrected chi connectivity index (χ3v) is 4.10. The molecule has 1 rings (SSSR count). The second-order valence-electron chi connectivity index (χ2n) is 4.79. The second-order valence-corrected chi connectivity index (χ2v) is 6.54. The van der Waals surface area contributed by atoms with Gasteiger partial charge < -0.3 is 10.6 Å². The Hall–Kier alpha value is -1.07. The Balaban J connectivity index is 2.68. The Morgan fingerprint density at radius 2 is 1.84 bits per heavy atom. The van der Waals surface area contributed by atoms with Gasteiger partial charge in [0.25, 0.3) is 0 Å². The Bertz CT molecular complexity index is 459. The third kappa shape index (κ3) is 4.84. The van der Waals surface area contributed by atoms with E-state index in [2.05, 4.69) is 10.6 Å². The van der Waals surface area contributed by atoms with Crippen LogP contribution >= 0.6 is 22.9 Å². The predicted octanol–water partition coefficient (Wildman–Crippen LogP) is 2.74. The zero-order valence-electron chi connectivity index (χ0n) is 11.5. The maximum Gasteiger partial charge on any atom is 0.243 e. The van der Waals surface area contributed by atoms with Crippen molar-refractivity contribution in [3.8, 4) is 0 Å². The average molecular weight is 303 g/mol. The van der Waals surface area contributed by atoms with Gasteiger partial charge in [0.05, 0.1) is 10.4 Å². The highest BCUT2D eigenvalue weighted by atomic mass is 35.5. The summed E-state index contributed by atoms with van der Waals surface area (Å²) in [5.74, 6) is -0.356. The van der Waals surface area contributed by atoms with E-state index in [0.717, 1.165) is 4.88 Å². The molecule has 0 aliphatic heterocycles. The Morgan fingerprint density at radius 1 is 1.21 bits per heavy atom. The van der Waals surface area contributed by atoms with E-state index in [9.17, 15) is 9.59 Å². The van der Waals surface area contributed by atoms with Gasteiger partial charge in [0.2, 0.25) is 11.8 Å². The minimum absolute atomic E-state index is 0.0306. The minimum atomic E-state index is -0.518. The molecule has 1 aromatic rings. The van der Waals surface area contributed by atoms with E-state index < -0.39 is 6.04 Å². The summed E-state index contributed by atoms with van der Waals surface area (Å²) in [7, 11) is 0. The van der Waals surface area contributed by atoms with Crippen molar-refractivity contribution in [1.29, 1.82) is 0 Å². The van der Waals surface area contributed by atoms with E-state index in [0.29, 0.717) is 4.34 Å². The molecule has 1 aromatic heterocycles. The van der Waals surface area contributed by atoms with Gasteiger partial charge in [-0.25, -0.2) is 0 Å². The molecule has 0 aromatic carbocycles. The van der Waals surface area contributed by atoms with Crippen LogP contribution in [0.1, 0.15) is 38.6 Å². The van der Waals surface area contributed by atoms with Crippen LogP contribution in [0.5, 0.6) is 0 Å². The summed E-state index contributed by atoms with van der Waals surface area (Å²) in [4.78, 5) is 24.3.